The zero-order valence-corrected chi connectivity index (χ0v) is 12.1. The molecule has 4 heteroatoms. The number of rotatable bonds is 3. The molecule has 1 aliphatic rings. The molecule has 0 spiro atoms. The van der Waals surface area contributed by atoms with Crippen molar-refractivity contribution < 1.29 is 4.79 Å². The van der Waals surface area contributed by atoms with Gasteiger partial charge in [-0.25, -0.2) is 4.79 Å². The Morgan fingerprint density at radius 3 is 2.67 bits per heavy atom. The molecule has 0 aliphatic carbocycles. The second-order valence-corrected chi connectivity index (χ2v) is 6.30. The normalized spacial score (nSPS) is 16.9. The summed E-state index contributed by atoms with van der Waals surface area (Å²) in [4.78, 5) is 16.5. The molecular formula is C14H22N2OS. The van der Waals surface area contributed by atoms with Gasteiger partial charge in [0, 0.05) is 22.8 Å². The average molecular weight is 266 g/mol. The summed E-state index contributed by atoms with van der Waals surface area (Å²) in [7, 11) is 0. The van der Waals surface area contributed by atoms with Gasteiger partial charge in [0.1, 0.15) is 0 Å². The summed E-state index contributed by atoms with van der Waals surface area (Å²) < 4.78 is 0. The van der Waals surface area contributed by atoms with Crippen LogP contribution in [0.4, 0.5) is 4.79 Å². The van der Waals surface area contributed by atoms with Gasteiger partial charge in [-0.1, -0.05) is 13.8 Å². The van der Waals surface area contributed by atoms with Gasteiger partial charge in [-0.05, 0) is 37.3 Å². The molecule has 1 aliphatic heterocycles. The molecule has 1 saturated heterocycles. The molecule has 2 heterocycles. The maximum absolute atomic E-state index is 12.0. The number of hydrogen-bond donors (Lipinski definition) is 1. The fraction of sp³-hybridized carbons (Fsp3) is 0.643. The molecular weight excluding hydrogens is 244 g/mol. The first kappa shape index (κ1) is 13.4. The minimum Gasteiger partial charge on any atom is -0.333 e. The molecule has 0 atom stereocenters. The fourth-order valence-electron chi connectivity index (χ4n) is 2.19. The third kappa shape index (κ3) is 3.48. The highest BCUT2D eigenvalue weighted by Crippen LogP contribution is 2.18. The number of piperidine rings is 1. The molecule has 100 valence electrons. The van der Waals surface area contributed by atoms with Crippen molar-refractivity contribution in [3.05, 3.63) is 21.9 Å². The summed E-state index contributed by atoms with van der Waals surface area (Å²) in [6.07, 6.45) is 3.33. The van der Waals surface area contributed by atoms with Crippen molar-refractivity contribution in [1.82, 2.24) is 10.2 Å². The van der Waals surface area contributed by atoms with Gasteiger partial charge in [-0.15, -0.1) is 11.3 Å². The summed E-state index contributed by atoms with van der Waals surface area (Å²) >= 11 is 1.79. The van der Waals surface area contributed by atoms with Crippen molar-refractivity contribution in [2.24, 2.45) is 5.92 Å². The Hall–Kier alpha value is -1.03. The number of nitrogens with zero attached hydrogens (tertiary/aromatic N) is 1. The molecule has 18 heavy (non-hydrogen) atoms. The summed E-state index contributed by atoms with van der Waals surface area (Å²) in [6, 6.07) is 4.35. The lowest BCUT2D eigenvalue weighted by atomic mass is 10.00. The van der Waals surface area contributed by atoms with Gasteiger partial charge in [-0.2, -0.15) is 0 Å². The molecule has 2 amide bonds. The second-order valence-electron chi connectivity index (χ2n) is 5.05. The standard InChI is InChI=1S/C14H22N2OS/c1-3-12-4-5-13(18-12)10-15-14(17)16-8-6-11(2)7-9-16/h4-5,11H,3,6-10H2,1-2H3,(H,15,17). The predicted molar refractivity (Wildman–Crippen MR) is 75.9 cm³/mol. The van der Waals surface area contributed by atoms with E-state index in [2.05, 4.69) is 31.3 Å². The van der Waals surface area contributed by atoms with E-state index >= 15 is 0 Å². The van der Waals surface area contributed by atoms with Gasteiger partial charge in [0.05, 0.1) is 6.54 Å². The average Bonchev–Trinajstić information content (AvgIpc) is 2.85. The van der Waals surface area contributed by atoms with Crippen LogP contribution in [-0.4, -0.2) is 24.0 Å². The lowest BCUT2D eigenvalue weighted by molar-refractivity contribution is 0.173. The molecule has 1 N–H and O–H groups in total. The Morgan fingerprint density at radius 1 is 1.39 bits per heavy atom. The van der Waals surface area contributed by atoms with E-state index in [4.69, 9.17) is 0 Å². The number of hydrogen-bond acceptors (Lipinski definition) is 2. The molecule has 0 unspecified atom stereocenters. The summed E-state index contributed by atoms with van der Waals surface area (Å²) in [6.45, 7) is 6.88. The second kappa shape index (κ2) is 6.23. The maximum atomic E-state index is 12.0. The van der Waals surface area contributed by atoms with Gasteiger partial charge >= 0.3 is 6.03 Å². The van der Waals surface area contributed by atoms with E-state index in [-0.39, 0.29) is 6.03 Å². The third-order valence-electron chi connectivity index (χ3n) is 3.55. The van der Waals surface area contributed by atoms with E-state index < -0.39 is 0 Å². The van der Waals surface area contributed by atoms with Crippen LogP contribution in [0.5, 0.6) is 0 Å². The smallest absolute Gasteiger partial charge is 0.317 e. The molecule has 2 rings (SSSR count). The van der Waals surface area contributed by atoms with Crippen LogP contribution in [0, 0.1) is 5.92 Å². The van der Waals surface area contributed by atoms with Gasteiger partial charge in [0.15, 0.2) is 0 Å². The maximum Gasteiger partial charge on any atom is 0.317 e. The Morgan fingerprint density at radius 2 is 2.06 bits per heavy atom. The number of thiophene rings is 1. The van der Waals surface area contributed by atoms with E-state index in [1.165, 1.54) is 9.75 Å². The van der Waals surface area contributed by atoms with E-state index in [1.54, 1.807) is 11.3 Å². The van der Waals surface area contributed by atoms with Crippen LogP contribution < -0.4 is 5.32 Å². The van der Waals surface area contributed by atoms with Crippen molar-refractivity contribution in [2.75, 3.05) is 13.1 Å². The minimum atomic E-state index is 0.0911. The zero-order valence-electron chi connectivity index (χ0n) is 11.2. The largest absolute Gasteiger partial charge is 0.333 e. The predicted octanol–water partition coefficient (Wildman–Crippen LogP) is 3.25. The summed E-state index contributed by atoms with van der Waals surface area (Å²) in [5.74, 6) is 0.762. The van der Waals surface area contributed by atoms with Crippen LogP contribution in [0.15, 0.2) is 12.1 Å². The molecule has 1 fully saturated rings. The number of nitrogens with one attached hydrogen (secondary N) is 1. The molecule has 1 aromatic rings. The number of carbonyl (C=O) groups is 1. The van der Waals surface area contributed by atoms with Crippen molar-refractivity contribution >= 4 is 17.4 Å². The number of urea groups is 1. The third-order valence-corrected chi connectivity index (χ3v) is 4.78. The highest BCUT2D eigenvalue weighted by molar-refractivity contribution is 7.11. The molecule has 1 aromatic heterocycles. The Kier molecular flexibility index (Phi) is 4.64. The van der Waals surface area contributed by atoms with Gasteiger partial charge in [0.2, 0.25) is 0 Å². The monoisotopic (exact) mass is 266 g/mol. The lowest BCUT2D eigenvalue weighted by Crippen LogP contribution is -2.43. The first-order chi connectivity index (χ1) is 8.69. The fourth-order valence-corrected chi connectivity index (χ4v) is 3.09. The SMILES string of the molecule is CCc1ccc(CNC(=O)N2CCC(C)CC2)s1. The van der Waals surface area contributed by atoms with Crippen LogP contribution in [0.25, 0.3) is 0 Å². The van der Waals surface area contributed by atoms with E-state index in [1.807, 2.05) is 4.90 Å². The molecule has 0 radical (unpaired) electrons. The van der Waals surface area contributed by atoms with E-state index in [9.17, 15) is 4.79 Å². The molecule has 3 nitrogen and oxygen atoms in total. The Labute approximate surface area is 113 Å². The number of likely N-dealkylation sites (tertiary alicyclic amines) is 1. The van der Waals surface area contributed by atoms with Crippen molar-refractivity contribution in [3.8, 4) is 0 Å². The van der Waals surface area contributed by atoms with E-state index in [0.717, 1.165) is 38.3 Å². The van der Waals surface area contributed by atoms with Crippen molar-refractivity contribution in [2.45, 2.75) is 39.7 Å². The van der Waals surface area contributed by atoms with Crippen LogP contribution in [0.1, 0.15) is 36.4 Å². The summed E-state index contributed by atoms with van der Waals surface area (Å²) in [5.41, 5.74) is 0. The van der Waals surface area contributed by atoms with Gasteiger partial charge in [0.25, 0.3) is 0 Å². The molecule has 0 aromatic carbocycles. The zero-order chi connectivity index (χ0) is 13.0. The Balaban J connectivity index is 1.77. The van der Waals surface area contributed by atoms with Gasteiger partial charge < -0.3 is 10.2 Å². The van der Waals surface area contributed by atoms with Crippen LogP contribution in [0.2, 0.25) is 0 Å². The topological polar surface area (TPSA) is 32.3 Å². The quantitative estimate of drug-likeness (QED) is 0.895. The molecule has 0 bridgehead atoms. The Bertz CT molecular complexity index is 394. The van der Waals surface area contributed by atoms with Gasteiger partial charge in [-0.3, -0.25) is 0 Å². The molecule has 0 saturated carbocycles. The number of amides is 2. The van der Waals surface area contributed by atoms with Crippen LogP contribution in [-0.2, 0) is 13.0 Å². The number of carbonyl (C=O) groups excluding carboxylic acids is 1. The van der Waals surface area contributed by atoms with Crippen molar-refractivity contribution in [3.63, 3.8) is 0 Å². The van der Waals surface area contributed by atoms with Crippen LogP contribution >= 0.6 is 11.3 Å². The lowest BCUT2D eigenvalue weighted by Gasteiger charge is -2.30. The summed E-state index contributed by atoms with van der Waals surface area (Å²) in [5, 5.41) is 3.02. The highest BCUT2D eigenvalue weighted by Gasteiger charge is 2.19. The minimum absolute atomic E-state index is 0.0911. The number of aryl methyl sites for hydroxylation is 1. The highest BCUT2D eigenvalue weighted by atomic mass is 32.1. The van der Waals surface area contributed by atoms with Crippen LogP contribution in [0.3, 0.4) is 0 Å². The first-order valence-corrected chi connectivity index (χ1v) is 7.61. The van der Waals surface area contributed by atoms with Crippen molar-refractivity contribution in [1.29, 1.82) is 0 Å². The first-order valence-electron chi connectivity index (χ1n) is 6.79. The van der Waals surface area contributed by atoms with E-state index in [0.29, 0.717) is 6.54 Å².